The Morgan fingerprint density at radius 2 is 2.05 bits per heavy atom. The van der Waals surface area contributed by atoms with Crippen LogP contribution < -0.4 is 11.1 Å². The highest BCUT2D eigenvalue weighted by molar-refractivity contribution is 5.95. The van der Waals surface area contributed by atoms with Crippen LogP contribution in [0.15, 0.2) is 18.2 Å². The van der Waals surface area contributed by atoms with Crippen molar-refractivity contribution < 1.29 is 9.72 Å². The molecule has 0 bridgehead atoms. The second-order valence-corrected chi connectivity index (χ2v) is 5.87. The zero-order valence-electron chi connectivity index (χ0n) is 12.2. The minimum atomic E-state index is -0.575. The van der Waals surface area contributed by atoms with Crippen LogP contribution in [0.2, 0.25) is 0 Å². The van der Waals surface area contributed by atoms with Crippen LogP contribution in [0, 0.1) is 22.0 Å². The number of nitrogens with two attached hydrogens (primary N) is 1. The molecule has 21 heavy (non-hydrogen) atoms. The van der Waals surface area contributed by atoms with Crippen LogP contribution >= 0.6 is 0 Å². The molecule has 0 spiro atoms. The summed E-state index contributed by atoms with van der Waals surface area (Å²) in [5.74, 6) is 1.00. The summed E-state index contributed by atoms with van der Waals surface area (Å²) in [5, 5.41) is 13.7. The number of hydrogen-bond acceptors (Lipinski definition) is 4. The first kappa shape index (κ1) is 15.3. The third-order valence-electron chi connectivity index (χ3n) is 4.18. The SMILES string of the molecule is CC1CCC(CNC(=O)c2ccc(N)c([N+](=O)[O-])c2)CC1. The fourth-order valence-corrected chi connectivity index (χ4v) is 2.72. The summed E-state index contributed by atoms with van der Waals surface area (Å²) in [7, 11) is 0. The molecule has 6 heteroatoms. The predicted molar refractivity (Wildman–Crippen MR) is 81.0 cm³/mol. The number of anilines is 1. The molecule has 0 heterocycles. The Morgan fingerprint density at radius 1 is 1.38 bits per heavy atom. The fraction of sp³-hybridized carbons (Fsp3) is 0.533. The van der Waals surface area contributed by atoms with Crippen LogP contribution in [-0.2, 0) is 0 Å². The van der Waals surface area contributed by atoms with Crippen molar-refractivity contribution >= 4 is 17.3 Å². The number of nitrogen functional groups attached to an aromatic ring is 1. The molecule has 1 aromatic rings. The van der Waals surface area contributed by atoms with E-state index in [0.29, 0.717) is 12.5 Å². The summed E-state index contributed by atoms with van der Waals surface area (Å²) in [6, 6.07) is 4.14. The largest absolute Gasteiger partial charge is 0.393 e. The van der Waals surface area contributed by atoms with Crippen LogP contribution in [0.1, 0.15) is 43.0 Å². The first-order valence-electron chi connectivity index (χ1n) is 7.29. The van der Waals surface area contributed by atoms with E-state index in [9.17, 15) is 14.9 Å². The number of benzene rings is 1. The van der Waals surface area contributed by atoms with Gasteiger partial charge in [-0.3, -0.25) is 14.9 Å². The van der Waals surface area contributed by atoms with Gasteiger partial charge < -0.3 is 11.1 Å². The number of amides is 1. The Bertz CT molecular complexity index is 537. The van der Waals surface area contributed by atoms with E-state index in [1.54, 1.807) is 0 Å². The van der Waals surface area contributed by atoms with E-state index in [1.165, 1.54) is 31.0 Å². The first-order chi connectivity index (χ1) is 9.97. The summed E-state index contributed by atoms with van der Waals surface area (Å²) in [4.78, 5) is 22.3. The number of carbonyl (C=O) groups excluding carboxylic acids is 1. The van der Waals surface area contributed by atoms with E-state index in [1.807, 2.05) is 0 Å². The lowest BCUT2D eigenvalue weighted by Crippen LogP contribution is -2.31. The van der Waals surface area contributed by atoms with Crippen LogP contribution in [0.3, 0.4) is 0 Å². The van der Waals surface area contributed by atoms with Gasteiger partial charge in [-0.2, -0.15) is 0 Å². The summed E-state index contributed by atoms with van der Waals surface area (Å²) >= 11 is 0. The van der Waals surface area contributed by atoms with Gasteiger partial charge in [0.05, 0.1) is 4.92 Å². The highest BCUT2D eigenvalue weighted by Gasteiger charge is 2.20. The van der Waals surface area contributed by atoms with Gasteiger partial charge in [0.2, 0.25) is 0 Å². The van der Waals surface area contributed by atoms with E-state index < -0.39 is 4.92 Å². The van der Waals surface area contributed by atoms with Crippen molar-refractivity contribution in [3.05, 3.63) is 33.9 Å². The summed E-state index contributed by atoms with van der Waals surface area (Å²) in [6.07, 6.45) is 4.66. The molecule has 0 unspecified atom stereocenters. The molecular formula is C15H21N3O3. The van der Waals surface area contributed by atoms with E-state index in [2.05, 4.69) is 12.2 Å². The molecule has 1 aliphatic rings. The van der Waals surface area contributed by atoms with Crippen LogP contribution in [0.5, 0.6) is 0 Å². The lowest BCUT2D eigenvalue weighted by molar-refractivity contribution is -0.383. The Morgan fingerprint density at radius 3 is 2.67 bits per heavy atom. The number of carbonyl (C=O) groups is 1. The average Bonchev–Trinajstić information content (AvgIpc) is 2.46. The minimum absolute atomic E-state index is 0.0674. The van der Waals surface area contributed by atoms with Gasteiger partial charge in [-0.15, -0.1) is 0 Å². The van der Waals surface area contributed by atoms with Gasteiger partial charge in [0.15, 0.2) is 0 Å². The van der Waals surface area contributed by atoms with Gasteiger partial charge in [0.1, 0.15) is 5.69 Å². The molecule has 1 saturated carbocycles. The molecule has 2 rings (SSSR count). The normalized spacial score (nSPS) is 21.8. The number of nitro benzene ring substituents is 1. The average molecular weight is 291 g/mol. The quantitative estimate of drug-likeness (QED) is 0.506. The third kappa shape index (κ3) is 3.93. The zero-order valence-corrected chi connectivity index (χ0v) is 12.2. The molecule has 114 valence electrons. The van der Waals surface area contributed by atoms with Gasteiger partial charge >= 0.3 is 0 Å². The van der Waals surface area contributed by atoms with Crippen molar-refractivity contribution in [3.63, 3.8) is 0 Å². The van der Waals surface area contributed by atoms with Crippen molar-refractivity contribution in [2.24, 2.45) is 11.8 Å². The molecule has 1 aromatic carbocycles. The molecule has 6 nitrogen and oxygen atoms in total. The summed E-state index contributed by atoms with van der Waals surface area (Å²) in [6.45, 7) is 2.88. The zero-order chi connectivity index (χ0) is 15.4. The molecule has 0 aliphatic heterocycles. The molecule has 1 amide bonds. The Balaban J connectivity index is 1.94. The van der Waals surface area contributed by atoms with Crippen molar-refractivity contribution in [1.82, 2.24) is 5.32 Å². The van der Waals surface area contributed by atoms with Gasteiger partial charge in [-0.05, 0) is 36.8 Å². The highest BCUT2D eigenvalue weighted by Crippen LogP contribution is 2.28. The molecule has 0 radical (unpaired) electrons. The molecule has 0 aromatic heterocycles. The summed E-state index contributed by atoms with van der Waals surface area (Å²) in [5.41, 5.74) is 5.64. The Hall–Kier alpha value is -2.11. The van der Waals surface area contributed by atoms with Crippen LogP contribution in [-0.4, -0.2) is 17.4 Å². The molecule has 0 atom stereocenters. The van der Waals surface area contributed by atoms with Gasteiger partial charge in [-0.1, -0.05) is 19.8 Å². The number of nitrogens with one attached hydrogen (secondary N) is 1. The number of nitrogens with zero attached hydrogens (tertiary/aromatic N) is 1. The lowest BCUT2D eigenvalue weighted by atomic mass is 9.83. The molecule has 0 saturated heterocycles. The maximum atomic E-state index is 12.1. The van der Waals surface area contributed by atoms with E-state index in [0.717, 1.165) is 18.8 Å². The van der Waals surface area contributed by atoms with Gasteiger partial charge in [0, 0.05) is 18.2 Å². The van der Waals surface area contributed by atoms with E-state index in [4.69, 9.17) is 5.73 Å². The molecule has 3 N–H and O–H groups in total. The Kier molecular flexibility index (Phi) is 4.77. The van der Waals surface area contributed by atoms with Crippen molar-refractivity contribution in [2.75, 3.05) is 12.3 Å². The van der Waals surface area contributed by atoms with Crippen molar-refractivity contribution in [2.45, 2.75) is 32.6 Å². The third-order valence-corrected chi connectivity index (χ3v) is 4.18. The smallest absolute Gasteiger partial charge is 0.292 e. The first-order valence-corrected chi connectivity index (χ1v) is 7.29. The number of rotatable bonds is 4. The second-order valence-electron chi connectivity index (χ2n) is 5.87. The maximum Gasteiger partial charge on any atom is 0.292 e. The van der Waals surface area contributed by atoms with Crippen molar-refractivity contribution in [1.29, 1.82) is 0 Å². The lowest BCUT2D eigenvalue weighted by Gasteiger charge is -2.26. The maximum absolute atomic E-state index is 12.1. The molecule has 1 aliphatic carbocycles. The van der Waals surface area contributed by atoms with Crippen LogP contribution in [0.4, 0.5) is 11.4 Å². The van der Waals surface area contributed by atoms with Crippen molar-refractivity contribution in [3.8, 4) is 0 Å². The topological polar surface area (TPSA) is 98.3 Å². The molecular weight excluding hydrogens is 270 g/mol. The van der Waals surface area contributed by atoms with Gasteiger partial charge in [0.25, 0.3) is 11.6 Å². The highest BCUT2D eigenvalue weighted by atomic mass is 16.6. The summed E-state index contributed by atoms with van der Waals surface area (Å²) < 4.78 is 0. The predicted octanol–water partition coefficient (Wildman–Crippen LogP) is 2.73. The van der Waals surface area contributed by atoms with E-state index >= 15 is 0 Å². The fourth-order valence-electron chi connectivity index (χ4n) is 2.72. The number of nitro groups is 1. The number of hydrogen-bond donors (Lipinski definition) is 2. The monoisotopic (exact) mass is 291 g/mol. The Labute approximate surface area is 123 Å². The van der Waals surface area contributed by atoms with E-state index in [-0.39, 0.29) is 22.8 Å². The van der Waals surface area contributed by atoms with Crippen LogP contribution in [0.25, 0.3) is 0 Å². The van der Waals surface area contributed by atoms with Gasteiger partial charge in [-0.25, -0.2) is 0 Å². The minimum Gasteiger partial charge on any atom is -0.393 e. The molecule has 1 fully saturated rings. The standard InChI is InChI=1S/C15H21N3O3/c1-10-2-4-11(5-3-10)9-17-15(19)12-6-7-13(16)14(8-12)18(20)21/h6-8,10-11H,2-5,9,16H2,1H3,(H,17,19). The second kappa shape index (κ2) is 6.56.